The molecule has 0 saturated heterocycles. The molecule has 26 heavy (non-hydrogen) atoms. The first kappa shape index (κ1) is 19.0. The van der Waals surface area contributed by atoms with Crippen LogP contribution in [0.25, 0.3) is 11.1 Å². The molecule has 3 rings (SSSR count). The zero-order valence-corrected chi connectivity index (χ0v) is 17.5. The molecule has 0 amide bonds. The molecule has 1 aliphatic heterocycles. The van der Waals surface area contributed by atoms with Gasteiger partial charge in [-0.25, -0.2) is 4.89 Å². The summed E-state index contributed by atoms with van der Waals surface area (Å²) in [6, 6.07) is 7.99. The van der Waals surface area contributed by atoms with E-state index in [4.69, 9.17) is 14.2 Å². The first-order valence-corrected chi connectivity index (χ1v) is 11.1. The fourth-order valence-electron chi connectivity index (χ4n) is 4.09. The standard InChI is InChI=1S/C21H28O4P/c1-12(2)21-25-16-10-8-9-15(20(16)26(21,7)22)17-18(23-5)13(3)11-14(4)19(17)24-6/h8-12,21-22H,1-7H3/q+1/t21-,26?/m0/s1. The van der Waals surface area contributed by atoms with E-state index >= 15 is 0 Å². The molecule has 1 unspecified atom stereocenters. The predicted octanol–water partition coefficient (Wildman–Crippen LogP) is 4.54. The first-order chi connectivity index (χ1) is 12.2. The van der Waals surface area contributed by atoms with Crippen molar-refractivity contribution in [3.63, 3.8) is 0 Å². The summed E-state index contributed by atoms with van der Waals surface area (Å²) in [4.78, 5) is 11.5. The third-order valence-electron chi connectivity index (χ3n) is 5.05. The second-order valence-electron chi connectivity index (χ2n) is 7.38. The largest absolute Gasteiger partial charge is 0.496 e. The fourth-order valence-corrected chi connectivity index (χ4v) is 7.07. The average molecular weight is 375 g/mol. The molecule has 1 heterocycles. The van der Waals surface area contributed by atoms with Gasteiger partial charge in [0.15, 0.2) is 11.1 Å². The topological polar surface area (TPSA) is 47.9 Å². The molecule has 0 bridgehead atoms. The summed E-state index contributed by atoms with van der Waals surface area (Å²) >= 11 is 0. The molecule has 0 saturated carbocycles. The summed E-state index contributed by atoms with van der Waals surface area (Å²) < 4.78 is 17.7. The Morgan fingerprint density at radius 2 is 1.65 bits per heavy atom. The minimum absolute atomic E-state index is 0.193. The van der Waals surface area contributed by atoms with Crippen LogP contribution in [0.5, 0.6) is 17.2 Å². The van der Waals surface area contributed by atoms with Gasteiger partial charge in [-0.2, -0.15) is 0 Å². The maximum absolute atomic E-state index is 11.5. The zero-order chi connectivity index (χ0) is 19.2. The highest BCUT2D eigenvalue weighted by molar-refractivity contribution is 7.78. The smallest absolute Gasteiger partial charge is 0.239 e. The van der Waals surface area contributed by atoms with Crippen molar-refractivity contribution in [2.75, 3.05) is 20.9 Å². The Bertz CT molecular complexity index is 814. The number of fused-ring (bicyclic) bond motifs is 1. The maximum Gasteiger partial charge on any atom is 0.239 e. The van der Waals surface area contributed by atoms with E-state index in [2.05, 4.69) is 19.9 Å². The van der Waals surface area contributed by atoms with Crippen LogP contribution in [0, 0.1) is 19.8 Å². The van der Waals surface area contributed by atoms with E-state index in [-0.39, 0.29) is 11.8 Å². The van der Waals surface area contributed by atoms with Gasteiger partial charge in [0.25, 0.3) is 0 Å². The van der Waals surface area contributed by atoms with E-state index in [1.165, 1.54) is 0 Å². The molecule has 0 spiro atoms. The highest BCUT2D eigenvalue weighted by atomic mass is 31.2. The van der Waals surface area contributed by atoms with Crippen LogP contribution in [0.3, 0.4) is 0 Å². The molecule has 0 aliphatic carbocycles. The first-order valence-electron chi connectivity index (χ1n) is 8.85. The van der Waals surface area contributed by atoms with Gasteiger partial charge >= 0.3 is 0 Å². The Labute approximate surface area is 156 Å². The van der Waals surface area contributed by atoms with E-state index < -0.39 is 7.49 Å². The molecular weight excluding hydrogens is 347 g/mol. The Hall–Kier alpha value is -1.77. The zero-order valence-electron chi connectivity index (χ0n) is 16.6. The summed E-state index contributed by atoms with van der Waals surface area (Å²) in [5.74, 6) is 2.34. The van der Waals surface area contributed by atoms with Crippen molar-refractivity contribution in [2.45, 2.75) is 33.5 Å². The highest BCUT2D eigenvalue weighted by Crippen LogP contribution is 2.65. The van der Waals surface area contributed by atoms with Crippen molar-refractivity contribution < 1.29 is 19.1 Å². The average Bonchev–Trinajstić information content (AvgIpc) is 2.86. The third-order valence-corrected chi connectivity index (χ3v) is 8.11. The number of hydrogen-bond acceptors (Lipinski definition) is 4. The lowest BCUT2D eigenvalue weighted by molar-refractivity contribution is 0.231. The van der Waals surface area contributed by atoms with Crippen molar-refractivity contribution in [1.82, 2.24) is 0 Å². The van der Waals surface area contributed by atoms with Crippen LogP contribution in [-0.4, -0.2) is 31.6 Å². The van der Waals surface area contributed by atoms with Gasteiger partial charge < -0.3 is 14.2 Å². The molecule has 140 valence electrons. The van der Waals surface area contributed by atoms with Crippen LogP contribution in [0.1, 0.15) is 25.0 Å². The molecule has 1 aliphatic rings. The quantitative estimate of drug-likeness (QED) is 0.797. The monoisotopic (exact) mass is 375 g/mol. The van der Waals surface area contributed by atoms with Gasteiger partial charge in [-0.3, -0.25) is 0 Å². The van der Waals surface area contributed by atoms with Gasteiger partial charge in [-0.15, -0.1) is 0 Å². The van der Waals surface area contributed by atoms with Crippen molar-refractivity contribution >= 4 is 12.8 Å². The molecular formula is C21H28O4P+. The van der Waals surface area contributed by atoms with Gasteiger partial charge in [-0.05, 0) is 43.2 Å². The van der Waals surface area contributed by atoms with Gasteiger partial charge in [0.05, 0.1) is 26.4 Å². The number of hydrogen-bond donors (Lipinski definition) is 1. The summed E-state index contributed by atoms with van der Waals surface area (Å²) in [5.41, 5.74) is 3.90. The number of benzene rings is 2. The molecule has 0 radical (unpaired) electrons. The van der Waals surface area contributed by atoms with Crippen LogP contribution in [0.4, 0.5) is 0 Å². The Morgan fingerprint density at radius 3 is 2.15 bits per heavy atom. The number of ether oxygens (including phenoxy) is 3. The lowest BCUT2D eigenvalue weighted by Crippen LogP contribution is -2.24. The van der Waals surface area contributed by atoms with Crippen molar-refractivity contribution in [1.29, 1.82) is 0 Å². The molecule has 5 heteroatoms. The second-order valence-corrected chi connectivity index (χ2v) is 10.4. The number of methoxy groups -OCH3 is 2. The number of rotatable bonds is 4. The van der Waals surface area contributed by atoms with Crippen LogP contribution in [0.15, 0.2) is 24.3 Å². The van der Waals surface area contributed by atoms with Crippen molar-refractivity contribution in [2.24, 2.45) is 5.92 Å². The van der Waals surface area contributed by atoms with Gasteiger partial charge in [0, 0.05) is 11.5 Å². The summed E-state index contributed by atoms with van der Waals surface area (Å²) in [6.45, 7) is 10.2. The van der Waals surface area contributed by atoms with E-state index in [0.29, 0.717) is 0 Å². The van der Waals surface area contributed by atoms with Gasteiger partial charge in [-0.1, -0.05) is 19.9 Å². The summed E-state index contributed by atoms with van der Waals surface area (Å²) in [5, 5.41) is 0.903. The fraction of sp³-hybridized carbons (Fsp3) is 0.429. The molecule has 0 aromatic heterocycles. The van der Waals surface area contributed by atoms with E-state index in [0.717, 1.165) is 44.8 Å². The van der Waals surface area contributed by atoms with Crippen molar-refractivity contribution in [3.05, 3.63) is 35.4 Å². The maximum atomic E-state index is 11.5. The lowest BCUT2D eigenvalue weighted by Gasteiger charge is -2.22. The molecule has 2 atom stereocenters. The Balaban J connectivity index is 2.35. The van der Waals surface area contributed by atoms with Crippen LogP contribution in [-0.2, 0) is 0 Å². The van der Waals surface area contributed by atoms with E-state index in [9.17, 15) is 4.89 Å². The summed E-state index contributed by atoms with van der Waals surface area (Å²) in [7, 11) is 0.865. The Kier molecular flexibility index (Phi) is 4.94. The van der Waals surface area contributed by atoms with Gasteiger partial charge in [0.2, 0.25) is 13.3 Å². The van der Waals surface area contributed by atoms with E-state index in [1.807, 2.05) is 38.7 Å². The molecule has 2 aromatic carbocycles. The predicted molar refractivity (Wildman–Crippen MR) is 108 cm³/mol. The van der Waals surface area contributed by atoms with Crippen LogP contribution >= 0.6 is 7.49 Å². The van der Waals surface area contributed by atoms with Crippen molar-refractivity contribution in [3.8, 4) is 28.4 Å². The molecule has 1 N–H and O–H groups in total. The third kappa shape index (κ3) is 2.76. The minimum Gasteiger partial charge on any atom is -0.496 e. The minimum atomic E-state index is -2.48. The van der Waals surface area contributed by atoms with Crippen LogP contribution in [0.2, 0.25) is 0 Å². The molecule has 2 aromatic rings. The second kappa shape index (κ2) is 6.75. The molecule has 0 fully saturated rings. The highest BCUT2D eigenvalue weighted by Gasteiger charge is 2.55. The van der Waals surface area contributed by atoms with Crippen LogP contribution < -0.4 is 19.5 Å². The SMILES string of the molecule is COc1c(C)cc(C)c(OC)c1-c1cccc2c1[P+](C)(O)[C@@H](C(C)C)O2. The van der Waals surface area contributed by atoms with E-state index in [1.54, 1.807) is 14.2 Å². The molecule has 4 nitrogen and oxygen atoms in total. The normalized spacial score (nSPS) is 21.5. The summed E-state index contributed by atoms with van der Waals surface area (Å²) in [6.07, 6.45) is 0. The van der Waals surface area contributed by atoms with Gasteiger partial charge in [0.1, 0.15) is 11.5 Å². The lowest BCUT2D eigenvalue weighted by atomic mass is 9.97. The number of aryl methyl sites for hydroxylation is 2. The Morgan fingerprint density at radius 1 is 1.08 bits per heavy atom.